The lowest BCUT2D eigenvalue weighted by Crippen LogP contribution is -2.38. The number of aromatic nitrogens is 2. The number of nitrogens with one attached hydrogen (secondary N) is 1. The molecule has 0 spiro atoms. The third-order valence-corrected chi connectivity index (χ3v) is 5.35. The molecule has 1 N–H and O–H groups in total. The molecule has 0 saturated heterocycles. The summed E-state index contributed by atoms with van der Waals surface area (Å²) in [6.45, 7) is 7.02. The molecule has 1 amide bonds. The number of pyridine rings is 1. The summed E-state index contributed by atoms with van der Waals surface area (Å²) in [4.78, 5) is 18.5. The first-order valence-electron chi connectivity index (χ1n) is 9.67. The molecule has 0 unspecified atom stereocenters. The molecule has 0 saturated carbocycles. The Bertz CT molecular complexity index is 1010. The Morgan fingerprint density at radius 1 is 1.23 bits per heavy atom. The number of rotatable bonds is 8. The number of carbonyl (C=O) groups excluding carboxylic acids is 1. The van der Waals surface area contributed by atoms with E-state index in [0.29, 0.717) is 0 Å². The van der Waals surface area contributed by atoms with Gasteiger partial charge < -0.3 is 14.0 Å². The molecule has 12 heteroatoms. The van der Waals surface area contributed by atoms with E-state index in [9.17, 15) is 26.4 Å². The van der Waals surface area contributed by atoms with Gasteiger partial charge in [0.1, 0.15) is 11.2 Å². The van der Waals surface area contributed by atoms with Crippen molar-refractivity contribution in [1.82, 2.24) is 19.0 Å². The Labute approximate surface area is 179 Å². The second-order valence-corrected chi connectivity index (χ2v) is 9.84. The summed E-state index contributed by atoms with van der Waals surface area (Å²) in [5, 5.41) is 0. The predicted molar refractivity (Wildman–Crippen MR) is 109 cm³/mol. The molecule has 8 nitrogen and oxygen atoms in total. The summed E-state index contributed by atoms with van der Waals surface area (Å²) in [5.74, 6) is 0. The lowest BCUT2D eigenvalue weighted by Gasteiger charge is -2.27. The maximum atomic E-state index is 12.7. The Balaban J connectivity index is 2.06. The van der Waals surface area contributed by atoms with E-state index in [1.165, 1.54) is 9.62 Å². The van der Waals surface area contributed by atoms with Gasteiger partial charge in [-0.15, -0.1) is 0 Å². The van der Waals surface area contributed by atoms with Gasteiger partial charge in [-0.3, -0.25) is 0 Å². The van der Waals surface area contributed by atoms with Gasteiger partial charge in [-0.1, -0.05) is 6.07 Å². The third-order valence-electron chi connectivity index (χ3n) is 4.15. The summed E-state index contributed by atoms with van der Waals surface area (Å²) in [6, 6.07) is 5.49. The van der Waals surface area contributed by atoms with Crippen LogP contribution in [0, 0.1) is 6.92 Å². The molecule has 2 heterocycles. The Morgan fingerprint density at radius 2 is 1.90 bits per heavy atom. The van der Waals surface area contributed by atoms with Gasteiger partial charge in [-0.2, -0.15) is 13.2 Å². The lowest BCUT2D eigenvalue weighted by molar-refractivity contribution is -0.0447. The number of unbranched alkanes of at least 4 members (excludes halogenated alkanes) is 1. The summed E-state index contributed by atoms with van der Waals surface area (Å²) >= 11 is 0. The highest BCUT2D eigenvalue weighted by molar-refractivity contribution is 7.90. The molecule has 0 fully saturated rings. The Morgan fingerprint density at radius 3 is 2.52 bits per heavy atom. The average molecular weight is 465 g/mol. The number of amides is 1. The van der Waals surface area contributed by atoms with Crippen LogP contribution in [-0.2, 0) is 21.3 Å². The summed E-state index contributed by atoms with van der Waals surface area (Å²) in [7, 11) is -5.37. The van der Waals surface area contributed by atoms with Crippen LogP contribution in [0.5, 0.6) is 0 Å². The topological polar surface area (TPSA) is 93.0 Å². The number of aryl methyl sites for hydroxylation is 1. The number of sulfonamides is 1. The fraction of sp³-hybridized carbons (Fsp3) is 0.579. The molecule has 0 radical (unpaired) electrons. The first kappa shape index (κ1) is 24.9. The van der Waals surface area contributed by atoms with Crippen LogP contribution in [-0.4, -0.2) is 53.0 Å². The second kappa shape index (κ2) is 9.43. The largest absolute Gasteiger partial charge is 0.511 e. The quantitative estimate of drug-likeness (QED) is 0.603. The van der Waals surface area contributed by atoms with Crippen molar-refractivity contribution in [3.05, 3.63) is 35.8 Å². The minimum absolute atomic E-state index is 0.114. The van der Waals surface area contributed by atoms with Crippen molar-refractivity contribution in [2.24, 2.45) is 0 Å². The molecule has 0 bridgehead atoms. The highest BCUT2D eigenvalue weighted by Crippen LogP contribution is 2.21. The molecular formula is C19H27F3N4O4S. The minimum atomic E-state index is -5.37. The van der Waals surface area contributed by atoms with E-state index in [0.717, 1.165) is 17.0 Å². The van der Waals surface area contributed by atoms with Gasteiger partial charge in [0.15, 0.2) is 0 Å². The zero-order valence-electron chi connectivity index (χ0n) is 17.9. The average Bonchev–Trinajstić information content (AvgIpc) is 2.99. The number of hydrogen-bond donors (Lipinski definition) is 1. The summed E-state index contributed by atoms with van der Waals surface area (Å²) in [6.07, 6.45) is 1.66. The molecule has 31 heavy (non-hydrogen) atoms. The first-order valence-corrected chi connectivity index (χ1v) is 11.2. The van der Waals surface area contributed by atoms with Gasteiger partial charge in [0.25, 0.3) is 0 Å². The highest BCUT2D eigenvalue weighted by atomic mass is 32.2. The van der Waals surface area contributed by atoms with Gasteiger partial charge in [0, 0.05) is 25.0 Å². The molecule has 174 valence electrons. The number of fused-ring (bicyclic) bond motifs is 1. The van der Waals surface area contributed by atoms with Crippen LogP contribution in [0.3, 0.4) is 0 Å². The summed E-state index contributed by atoms with van der Waals surface area (Å²) < 4.78 is 68.1. The molecule has 2 aromatic rings. The number of imidazole rings is 1. The zero-order chi connectivity index (χ0) is 23.4. The number of nitrogens with zero attached hydrogens (tertiary/aromatic N) is 3. The number of hydrogen-bond acceptors (Lipinski definition) is 5. The summed E-state index contributed by atoms with van der Waals surface area (Å²) in [5.41, 5.74) is -3.76. The van der Waals surface area contributed by atoms with Crippen molar-refractivity contribution in [1.29, 1.82) is 0 Å². The first-order chi connectivity index (χ1) is 14.2. The number of carbonyl (C=O) groups is 1. The third kappa shape index (κ3) is 7.10. The van der Waals surface area contributed by atoms with Gasteiger partial charge in [0.05, 0.1) is 12.2 Å². The number of alkyl halides is 3. The highest BCUT2D eigenvalue weighted by Gasteiger charge is 2.45. The normalized spacial score (nSPS) is 12.9. The van der Waals surface area contributed by atoms with Crippen LogP contribution in [0.15, 0.2) is 24.4 Å². The van der Waals surface area contributed by atoms with E-state index < -0.39 is 27.2 Å². The van der Waals surface area contributed by atoms with Crippen LogP contribution in [0.25, 0.3) is 5.65 Å². The number of halogens is 3. The monoisotopic (exact) mass is 464 g/mol. The molecule has 0 atom stereocenters. The molecule has 2 aromatic heterocycles. The molecule has 0 aliphatic carbocycles. The van der Waals surface area contributed by atoms with Crippen molar-refractivity contribution >= 4 is 21.8 Å². The Hall–Kier alpha value is -2.34. The van der Waals surface area contributed by atoms with Crippen molar-refractivity contribution in [2.45, 2.75) is 58.2 Å². The van der Waals surface area contributed by atoms with Crippen molar-refractivity contribution in [3.8, 4) is 0 Å². The second-order valence-electron chi connectivity index (χ2n) is 8.08. The van der Waals surface area contributed by atoms with Gasteiger partial charge in [0.2, 0.25) is 0 Å². The molecule has 2 rings (SSSR count). The zero-order valence-corrected chi connectivity index (χ0v) is 18.7. The van der Waals surface area contributed by atoms with Gasteiger partial charge in [-0.05, 0) is 52.7 Å². The number of ether oxygens (including phenoxy) is 1. The van der Waals surface area contributed by atoms with E-state index in [2.05, 4.69) is 4.98 Å². The SMILES string of the molecule is Cc1cn2c(CN(CCCCNS(=O)(=O)C(F)(F)F)C(=O)OC(C)(C)C)cccc2n1. The van der Waals surface area contributed by atoms with E-state index in [-0.39, 0.29) is 32.5 Å². The molecule has 0 aliphatic heterocycles. The van der Waals surface area contributed by atoms with Gasteiger partial charge in [-0.25, -0.2) is 22.9 Å². The molecular weight excluding hydrogens is 437 g/mol. The smallest absolute Gasteiger partial charge is 0.444 e. The van der Waals surface area contributed by atoms with Crippen molar-refractivity contribution < 1.29 is 31.1 Å². The van der Waals surface area contributed by atoms with Crippen LogP contribution in [0.4, 0.5) is 18.0 Å². The standard InChI is InChI=1S/C19H27F3N4O4S/c1-14-12-26-15(8-7-9-16(26)24-14)13-25(17(27)30-18(2,3)4)11-6-5-10-23-31(28,29)19(20,21)22/h7-9,12,23H,5-6,10-11,13H2,1-4H3. The van der Waals surface area contributed by atoms with Crippen LogP contribution >= 0.6 is 0 Å². The van der Waals surface area contributed by atoms with Gasteiger partial charge >= 0.3 is 21.6 Å². The van der Waals surface area contributed by atoms with Crippen molar-refractivity contribution in [2.75, 3.05) is 13.1 Å². The van der Waals surface area contributed by atoms with Crippen molar-refractivity contribution in [3.63, 3.8) is 0 Å². The lowest BCUT2D eigenvalue weighted by atomic mass is 10.2. The fourth-order valence-corrected chi connectivity index (χ4v) is 3.37. The molecule has 0 aliphatic rings. The van der Waals surface area contributed by atoms with Crippen LogP contribution < -0.4 is 4.72 Å². The minimum Gasteiger partial charge on any atom is -0.444 e. The van der Waals surface area contributed by atoms with Crippen LogP contribution in [0.1, 0.15) is 45.0 Å². The maximum absolute atomic E-state index is 12.7. The fourth-order valence-electron chi connectivity index (χ4n) is 2.79. The molecule has 0 aromatic carbocycles. The maximum Gasteiger partial charge on any atom is 0.511 e. The van der Waals surface area contributed by atoms with E-state index in [1.54, 1.807) is 20.8 Å². The van der Waals surface area contributed by atoms with E-state index in [4.69, 9.17) is 4.74 Å². The van der Waals surface area contributed by atoms with E-state index >= 15 is 0 Å². The Kier molecular flexibility index (Phi) is 7.58. The van der Waals surface area contributed by atoms with Crippen LogP contribution in [0.2, 0.25) is 0 Å². The van der Waals surface area contributed by atoms with E-state index in [1.807, 2.05) is 35.7 Å². The predicted octanol–water partition coefficient (Wildman–Crippen LogP) is 3.60.